The smallest absolute Gasteiger partial charge is 0.252 e. The molecule has 1 N–H and O–H groups in total. The fourth-order valence-corrected chi connectivity index (χ4v) is 3.90. The number of aromatic nitrogens is 2. The molecule has 3 rings (SSSR count). The van der Waals surface area contributed by atoms with E-state index in [9.17, 15) is 4.79 Å². The lowest BCUT2D eigenvalue weighted by Gasteiger charge is -2.18. The number of hydrogen-bond acceptors (Lipinski definition) is 7. The molecule has 2 aromatic carbocycles. The summed E-state index contributed by atoms with van der Waals surface area (Å²) < 4.78 is 16.3. The highest BCUT2D eigenvalue weighted by molar-refractivity contribution is 7.98. The predicted molar refractivity (Wildman–Crippen MR) is 124 cm³/mol. The van der Waals surface area contributed by atoms with Crippen molar-refractivity contribution in [1.82, 2.24) is 15.5 Å². The van der Waals surface area contributed by atoms with Gasteiger partial charge in [0, 0.05) is 11.8 Å². The lowest BCUT2D eigenvalue weighted by Crippen LogP contribution is -2.27. The Hall–Kier alpha value is -3.00. The van der Waals surface area contributed by atoms with Gasteiger partial charge in [-0.2, -0.15) is 4.98 Å². The van der Waals surface area contributed by atoms with Crippen molar-refractivity contribution in [3.8, 4) is 11.5 Å². The molecule has 32 heavy (non-hydrogen) atoms. The Balaban J connectivity index is 1.69. The van der Waals surface area contributed by atoms with Crippen LogP contribution in [0.15, 0.2) is 51.9 Å². The zero-order chi connectivity index (χ0) is 23.1. The van der Waals surface area contributed by atoms with Gasteiger partial charge in [-0.15, -0.1) is 11.8 Å². The first-order chi connectivity index (χ1) is 15.4. The van der Waals surface area contributed by atoms with E-state index in [0.29, 0.717) is 47.1 Å². The van der Waals surface area contributed by atoms with E-state index in [2.05, 4.69) is 29.3 Å². The van der Waals surface area contributed by atoms with E-state index >= 15 is 0 Å². The van der Waals surface area contributed by atoms with Gasteiger partial charge in [0.05, 0.1) is 31.1 Å². The number of carbonyl (C=O) groups excluding carboxylic acids is 1. The average molecular weight is 456 g/mol. The van der Waals surface area contributed by atoms with Crippen LogP contribution < -0.4 is 14.8 Å². The molecule has 3 aromatic rings. The van der Waals surface area contributed by atoms with Crippen LogP contribution in [-0.4, -0.2) is 29.8 Å². The Morgan fingerprint density at radius 3 is 2.62 bits per heavy atom. The monoisotopic (exact) mass is 455 g/mol. The van der Waals surface area contributed by atoms with Gasteiger partial charge in [0.1, 0.15) is 0 Å². The van der Waals surface area contributed by atoms with Crippen LogP contribution in [-0.2, 0) is 5.75 Å². The molecule has 1 unspecified atom stereocenters. The first-order valence-corrected chi connectivity index (χ1v) is 11.5. The molecule has 0 saturated carbocycles. The van der Waals surface area contributed by atoms with Crippen molar-refractivity contribution in [3.63, 3.8) is 0 Å². The standard InChI is InChI=1S/C24H29N3O4S/c1-15(2)13-30-20-11-10-18(12-21(20)29-5)16(3)25-24(28)19-8-6-7-9-22(19)32-14-23-26-17(4)31-27-23/h6-12,15-16H,13-14H2,1-5H3,(H,25,28). The van der Waals surface area contributed by atoms with E-state index in [0.717, 1.165) is 10.5 Å². The van der Waals surface area contributed by atoms with Gasteiger partial charge in [0.25, 0.3) is 5.91 Å². The molecule has 7 nitrogen and oxygen atoms in total. The molecule has 0 aliphatic carbocycles. The molecular formula is C24H29N3O4S. The number of aryl methyl sites for hydroxylation is 1. The summed E-state index contributed by atoms with van der Waals surface area (Å²) in [6.07, 6.45) is 0. The minimum Gasteiger partial charge on any atom is -0.493 e. The fourth-order valence-electron chi connectivity index (χ4n) is 3.01. The molecule has 0 bridgehead atoms. The van der Waals surface area contributed by atoms with E-state index in [1.165, 1.54) is 11.8 Å². The summed E-state index contributed by atoms with van der Waals surface area (Å²) in [5.41, 5.74) is 1.54. The van der Waals surface area contributed by atoms with Crippen molar-refractivity contribution in [2.45, 2.75) is 44.4 Å². The molecule has 0 aliphatic heterocycles. The molecule has 0 radical (unpaired) electrons. The maximum absolute atomic E-state index is 13.0. The van der Waals surface area contributed by atoms with Crippen molar-refractivity contribution in [1.29, 1.82) is 0 Å². The molecule has 1 heterocycles. The van der Waals surface area contributed by atoms with Crippen molar-refractivity contribution in [2.75, 3.05) is 13.7 Å². The first kappa shape index (κ1) is 23.7. The average Bonchev–Trinajstić information content (AvgIpc) is 3.21. The summed E-state index contributed by atoms with van der Waals surface area (Å²) in [7, 11) is 1.61. The lowest BCUT2D eigenvalue weighted by molar-refractivity contribution is 0.0937. The molecular weight excluding hydrogens is 426 g/mol. The van der Waals surface area contributed by atoms with Gasteiger partial charge < -0.3 is 19.3 Å². The highest BCUT2D eigenvalue weighted by atomic mass is 32.2. The second-order valence-corrected chi connectivity index (χ2v) is 8.84. The summed E-state index contributed by atoms with van der Waals surface area (Å²) in [4.78, 5) is 18.1. The molecule has 0 saturated heterocycles. The SMILES string of the molecule is COc1cc(C(C)NC(=O)c2ccccc2SCc2noc(C)n2)ccc1OCC(C)C. The third-order valence-electron chi connectivity index (χ3n) is 4.67. The number of amides is 1. The van der Waals surface area contributed by atoms with Crippen LogP contribution in [0, 0.1) is 12.8 Å². The molecule has 170 valence electrons. The Morgan fingerprint density at radius 1 is 1.16 bits per heavy atom. The van der Waals surface area contributed by atoms with Gasteiger partial charge in [0.15, 0.2) is 17.3 Å². The predicted octanol–water partition coefficient (Wildman–Crippen LogP) is 5.20. The molecule has 0 aliphatic rings. The number of nitrogens with one attached hydrogen (secondary N) is 1. The van der Waals surface area contributed by atoms with Gasteiger partial charge in [0.2, 0.25) is 5.89 Å². The number of ether oxygens (including phenoxy) is 2. The largest absolute Gasteiger partial charge is 0.493 e. The number of hydrogen-bond donors (Lipinski definition) is 1. The number of nitrogens with zero attached hydrogens (tertiary/aromatic N) is 2. The van der Waals surface area contributed by atoms with Crippen molar-refractivity contribution in [2.24, 2.45) is 5.92 Å². The van der Waals surface area contributed by atoms with Crippen LogP contribution in [0.5, 0.6) is 11.5 Å². The quantitative estimate of drug-likeness (QED) is 0.420. The third-order valence-corrected chi connectivity index (χ3v) is 5.74. The molecule has 1 aromatic heterocycles. The van der Waals surface area contributed by atoms with E-state index in [-0.39, 0.29) is 11.9 Å². The van der Waals surface area contributed by atoms with Gasteiger partial charge in [-0.05, 0) is 42.7 Å². The Labute approximate surface area is 192 Å². The summed E-state index contributed by atoms with van der Waals surface area (Å²) in [5.74, 6) is 3.26. The van der Waals surface area contributed by atoms with E-state index < -0.39 is 0 Å². The van der Waals surface area contributed by atoms with Gasteiger partial charge in [-0.25, -0.2) is 0 Å². The summed E-state index contributed by atoms with van der Waals surface area (Å²) in [5, 5.41) is 6.99. The Bertz CT molecular complexity index is 1050. The number of rotatable bonds is 10. The van der Waals surface area contributed by atoms with Crippen LogP contribution in [0.4, 0.5) is 0 Å². The summed E-state index contributed by atoms with van der Waals surface area (Å²) >= 11 is 1.50. The van der Waals surface area contributed by atoms with Crippen LogP contribution in [0.1, 0.15) is 54.4 Å². The highest BCUT2D eigenvalue weighted by Crippen LogP contribution is 2.31. The van der Waals surface area contributed by atoms with Gasteiger partial charge >= 0.3 is 0 Å². The maximum atomic E-state index is 13.0. The van der Waals surface area contributed by atoms with Crippen LogP contribution in [0.3, 0.4) is 0 Å². The number of carbonyl (C=O) groups is 1. The van der Waals surface area contributed by atoms with Gasteiger partial charge in [-0.3, -0.25) is 4.79 Å². The zero-order valence-corrected chi connectivity index (χ0v) is 19.9. The number of methoxy groups -OCH3 is 1. The number of benzene rings is 2. The molecule has 0 spiro atoms. The van der Waals surface area contributed by atoms with Crippen LogP contribution >= 0.6 is 11.8 Å². The van der Waals surface area contributed by atoms with Crippen molar-refractivity contribution in [3.05, 3.63) is 65.3 Å². The highest BCUT2D eigenvalue weighted by Gasteiger charge is 2.17. The third kappa shape index (κ3) is 6.26. The van der Waals surface area contributed by atoms with Crippen LogP contribution in [0.2, 0.25) is 0 Å². The topological polar surface area (TPSA) is 86.5 Å². The Kier molecular flexibility index (Phi) is 8.16. The summed E-state index contributed by atoms with van der Waals surface area (Å²) in [6, 6.07) is 13.0. The molecule has 8 heteroatoms. The zero-order valence-electron chi connectivity index (χ0n) is 19.0. The Morgan fingerprint density at radius 2 is 1.94 bits per heavy atom. The molecule has 1 amide bonds. The minimum atomic E-state index is -0.214. The maximum Gasteiger partial charge on any atom is 0.252 e. The second-order valence-electron chi connectivity index (χ2n) is 7.82. The normalized spacial score (nSPS) is 11.9. The van der Waals surface area contributed by atoms with E-state index in [1.807, 2.05) is 49.4 Å². The molecule has 1 atom stereocenters. The van der Waals surface area contributed by atoms with E-state index in [4.69, 9.17) is 14.0 Å². The minimum absolute atomic E-state index is 0.149. The first-order valence-electron chi connectivity index (χ1n) is 10.5. The van der Waals surface area contributed by atoms with Crippen molar-refractivity contribution >= 4 is 17.7 Å². The molecule has 0 fully saturated rings. The fraction of sp³-hybridized carbons (Fsp3) is 0.375. The lowest BCUT2D eigenvalue weighted by atomic mass is 10.1. The van der Waals surface area contributed by atoms with Gasteiger partial charge in [-0.1, -0.05) is 37.2 Å². The van der Waals surface area contributed by atoms with Crippen molar-refractivity contribution < 1.29 is 18.8 Å². The van der Waals surface area contributed by atoms with Crippen LogP contribution in [0.25, 0.3) is 0 Å². The number of thioether (sulfide) groups is 1. The summed E-state index contributed by atoms with van der Waals surface area (Å²) in [6.45, 7) is 8.50. The van der Waals surface area contributed by atoms with E-state index in [1.54, 1.807) is 14.0 Å². The second kappa shape index (κ2) is 11.0.